The van der Waals surface area contributed by atoms with E-state index in [1.165, 1.54) is 25.3 Å². The van der Waals surface area contributed by atoms with Gasteiger partial charge in [0.15, 0.2) is 11.6 Å². The molecule has 0 bridgehead atoms. The Balaban J connectivity index is 2.04. The lowest BCUT2D eigenvalue weighted by atomic mass is 10.0. The van der Waals surface area contributed by atoms with Gasteiger partial charge in [-0.25, -0.2) is 14.4 Å². The molecule has 3 N–H and O–H groups in total. The van der Waals surface area contributed by atoms with Gasteiger partial charge in [0.25, 0.3) is 0 Å². The second kappa shape index (κ2) is 7.14. The van der Waals surface area contributed by atoms with E-state index in [0.29, 0.717) is 28.1 Å². The van der Waals surface area contributed by atoms with Gasteiger partial charge < -0.3 is 15.8 Å². The number of halogens is 4. The zero-order chi connectivity index (χ0) is 20.6. The fourth-order valence-corrected chi connectivity index (χ4v) is 2.89. The molecule has 0 aliphatic rings. The molecule has 0 radical (unpaired) electrons. The minimum Gasteiger partial charge on any atom is -0.494 e. The highest BCUT2D eigenvalue weighted by atomic mass is 19.4. The van der Waals surface area contributed by atoms with Gasteiger partial charge in [0.05, 0.1) is 24.2 Å². The van der Waals surface area contributed by atoms with Crippen molar-refractivity contribution in [2.75, 3.05) is 18.2 Å². The quantitative estimate of drug-likeness (QED) is 0.488. The summed E-state index contributed by atoms with van der Waals surface area (Å²) in [5, 5.41) is 3.55. The Morgan fingerprint density at radius 1 is 1.11 bits per heavy atom. The van der Waals surface area contributed by atoms with E-state index in [4.69, 9.17) is 10.5 Å². The van der Waals surface area contributed by atoms with E-state index in [0.717, 1.165) is 12.1 Å². The third-order valence-corrected chi connectivity index (χ3v) is 4.24. The van der Waals surface area contributed by atoms with Gasteiger partial charge in [-0.2, -0.15) is 13.2 Å². The van der Waals surface area contributed by atoms with Gasteiger partial charge in [-0.15, -0.1) is 0 Å². The first-order valence-electron chi connectivity index (χ1n) is 8.34. The van der Waals surface area contributed by atoms with Gasteiger partial charge in [0, 0.05) is 17.1 Å². The van der Waals surface area contributed by atoms with Crippen LogP contribution in [0.4, 0.5) is 29.1 Å². The molecule has 1 atom stereocenters. The predicted octanol–water partition coefficient (Wildman–Crippen LogP) is 4.86. The lowest BCUT2D eigenvalue weighted by molar-refractivity contribution is -0.137. The highest BCUT2D eigenvalue weighted by Crippen LogP contribution is 2.34. The third-order valence-electron chi connectivity index (χ3n) is 4.24. The van der Waals surface area contributed by atoms with E-state index in [1.807, 2.05) is 0 Å². The molecule has 1 aromatic heterocycles. The molecule has 0 saturated carbocycles. The number of benzene rings is 2. The molecule has 0 aliphatic heterocycles. The van der Waals surface area contributed by atoms with Crippen LogP contribution in [0.3, 0.4) is 0 Å². The summed E-state index contributed by atoms with van der Waals surface area (Å²) in [6, 6.07) is 5.49. The summed E-state index contributed by atoms with van der Waals surface area (Å²) in [6.45, 7) is 3.32. The normalized spacial score (nSPS) is 12.8. The molecule has 1 heterocycles. The molecule has 5 nitrogen and oxygen atoms in total. The standard InChI is InChI=1S/C19H18F4N4O/c1-9(11-4-12(19(21,22)23)6-13(24)5-11)25-18-14-7-17(28-3)15(20)8-16(14)26-10(2)27-18/h4-9H,24H2,1-3H3,(H,25,26,27)/t9-/m1/s1. The van der Waals surface area contributed by atoms with E-state index in [1.54, 1.807) is 13.8 Å². The van der Waals surface area contributed by atoms with E-state index in [9.17, 15) is 17.6 Å². The zero-order valence-corrected chi connectivity index (χ0v) is 15.4. The van der Waals surface area contributed by atoms with Crippen molar-refractivity contribution in [2.45, 2.75) is 26.1 Å². The van der Waals surface area contributed by atoms with Gasteiger partial charge >= 0.3 is 6.18 Å². The zero-order valence-electron chi connectivity index (χ0n) is 15.4. The van der Waals surface area contributed by atoms with E-state index in [2.05, 4.69) is 15.3 Å². The Kier molecular flexibility index (Phi) is 5.01. The van der Waals surface area contributed by atoms with Crippen molar-refractivity contribution < 1.29 is 22.3 Å². The summed E-state index contributed by atoms with van der Waals surface area (Å²) >= 11 is 0. The Morgan fingerprint density at radius 3 is 2.46 bits per heavy atom. The number of hydrogen-bond acceptors (Lipinski definition) is 5. The smallest absolute Gasteiger partial charge is 0.416 e. The number of nitrogens with zero attached hydrogens (tertiary/aromatic N) is 2. The maximum absolute atomic E-state index is 14.0. The average molecular weight is 394 g/mol. The number of ether oxygens (including phenoxy) is 1. The molecule has 28 heavy (non-hydrogen) atoms. The predicted molar refractivity (Wildman–Crippen MR) is 98.7 cm³/mol. The van der Waals surface area contributed by atoms with Crippen molar-refractivity contribution in [1.29, 1.82) is 0 Å². The van der Waals surface area contributed by atoms with Gasteiger partial charge in [-0.3, -0.25) is 0 Å². The molecule has 0 fully saturated rings. The first kappa shape index (κ1) is 19.7. The van der Waals surface area contributed by atoms with Crippen LogP contribution in [-0.2, 0) is 6.18 Å². The van der Waals surface area contributed by atoms with Crippen molar-refractivity contribution in [2.24, 2.45) is 0 Å². The molecule has 3 aromatic rings. The van der Waals surface area contributed by atoms with E-state index < -0.39 is 23.6 Å². The second-order valence-electron chi connectivity index (χ2n) is 6.38. The summed E-state index contributed by atoms with van der Waals surface area (Å²) in [6.07, 6.45) is -4.51. The van der Waals surface area contributed by atoms with Crippen molar-refractivity contribution in [3.8, 4) is 5.75 Å². The molecule has 9 heteroatoms. The van der Waals surface area contributed by atoms with Crippen molar-refractivity contribution in [3.63, 3.8) is 0 Å². The number of aryl methyl sites for hydroxylation is 1. The van der Waals surface area contributed by atoms with Gasteiger partial charge in [-0.1, -0.05) is 0 Å². The fourth-order valence-electron chi connectivity index (χ4n) is 2.89. The summed E-state index contributed by atoms with van der Waals surface area (Å²) in [7, 11) is 1.33. The van der Waals surface area contributed by atoms with Crippen LogP contribution in [0, 0.1) is 12.7 Å². The highest BCUT2D eigenvalue weighted by molar-refractivity contribution is 5.90. The molecule has 0 aliphatic carbocycles. The van der Waals surface area contributed by atoms with E-state index >= 15 is 0 Å². The second-order valence-corrected chi connectivity index (χ2v) is 6.38. The van der Waals surface area contributed by atoms with Gasteiger partial charge in [0.2, 0.25) is 0 Å². The van der Waals surface area contributed by atoms with Crippen LogP contribution in [0.2, 0.25) is 0 Å². The molecule has 0 spiro atoms. The number of alkyl halides is 3. The summed E-state index contributed by atoms with van der Waals surface area (Å²) in [5.74, 6) is 0.177. The maximum atomic E-state index is 14.0. The number of methoxy groups -OCH3 is 1. The first-order chi connectivity index (χ1) is 13.1. The largest absolute Gasteiger partial charge is 0.494 e. The van der Waals surface area contributed by atoms with Crippen molar-refractivity contribution >= 4 is 22.4 Å². The van der Waals surface area contributed by atoms with Gasteiger partial charge in [0.1, 0.15) is 11.6 Å². The molecular formula is C19H18F4N4O. The number of hydrogen-bond donors (Lipinski definition) is 2. The van der Waals surface area contributed by atoms with Crippen molar-refractivity contribution in [3.05, 3.63) is 53.1 Å². The topological polar surface area (TPSA) is 73.1 Å². The monoisotopic (exact) mass is 394 g/mol. The minimum atomic E-state index is -4.51. The lowest BCUT2D eigenvalue weighted by Crippen LogP contribution is -2.13. The van der Waals surface area contributed by atoms with Crippen LogP contribution >= 0.6 is 0 Å². The Morgan fingerprint density at radius 2 is 1.82 bits per heavy atom. The number of aromatic nitrogens is 2. The molecule has 0 saturated heterocycles. The fraction of sp³-hybridized carbons (Fsp3) is 0.263. The molecule has 2 aromatic carbocycles. The lowest BCUT2D eigenvalue weighted by Gasteiger charge is -2.19. The van der Waals surface area contributed by atoms with Crippen LogP contribution in [0.1, 0.15) is 29.9 Å². The minimum absolute atomic E-state index is 0.00550. The maximum Gasteiger partial charge on any atom is 0.416 e. The number of rotatable bonds is 4. The molecule has 0 amide bonds. The molecule has 0 unspecified atom stereocenters. The third kappa shape index (κ3) is 3.92. The van der Waals surface area contributed by atoms with Crippen LogP contribution in [0.15, 0.2) is 30.3 Å². The summed E-state index contributed by atoms with van der Waals surface area (Å²) < 4.78 is 58.2. The Labute approximate surface area is 158 Å². The van der Waals surface area contributed by atoms with Crippen LogP contribution in [-0.4, -0.2) is 17.1 Å². The number of fused-ring (bicyclic) bond motifs is 1. The summed E-state index contributed by atoms with van der Waals surface area (Å²) in [5.41, 5.74) is 5.51. The van der Waals surface area contributed by atoms with E-state index in [-0.39, 0.29) is 11.4 Å². The molecular weight excluding hydrogens is 376 g/mol. The number of anilines is 2. The van der Waals surface area contributed by atoms with Crippen molar-refractivity contribution in [1.82, 2.24) is 9.97 Å². The summed E-state index contributed by atoms with van der Waals surface area (Å²) in [4.78, 5) is 8.51. The molecule has 148 valence electrons. The van der Waals surface area contributed by atoms with Gasteiger partial charge in [-0.05, 0) is 43.7 Å². The Hall–Kier alpha value is -3.10. The molecule has 3 rings (SSSR count). The SMILES string of the molecule is COc1cc2c(N[C@H](C)c3cc(N)cc(C(F)(F)F)c3)nc(C)nc2cc1F. The number of nitrogens with one attached hydrogen (secondary N) is 1. The Bertz CT molecular complexity index is 1040. The van der Waals surface area contributed by atoms with Crippen LogP contribution in [0.5, 0.6) is 5.75 Å². The number of nitrogen functional groups attached to an aromatic ring is 1. The first-order valence-corrected chi connectivity index (χ1v) is 8.34. The highest BCUT2D eigenvalue weighted by Gasteiger charge is 2.31. The van der Waals surface area contributed by atoms with Crippen LogP contribution in [0.25, 0.3) is 10.9 Å². The van der Waals surface area contributed by atoms with Crippen LogP contribution < -0.4 is 15.8 Å². The average Bonchev–Trinajstić information content (AvgIpc) is 2.59. The number of nitrogens with two attached hydrogens (primary N) is 1.